The van der Waals surface area contributed by atoms with Crippen LogP contribution in [0.25, 0.3) is 0 Å². The first-order valence-electron chi connectivity index (χ1n) is 5.63. The first kappa shape index (κ1) is 16.4. The van der Waals surface area contributed by atoms with E-state index in [2.05, 4.69) is 20.7 Å². The number of nitrogens with one attached hydrogen (secondary N) is 1. The molecule has 0 aliphatic carbocycles. The maximum absolute atomic E-state index is 11.9. The molecule has 1 unspecified atom stereocenters. The number of alkyl halides is 1. The maximum Gasteiger partial charge on any atom is 0.212 e. The second-order valence-corrected chi connectivity index (χ2v) is 8.31. The lowest BCUT2D eigenvalue weighted by Crippen LogP contribution is -2.42. The Morgan fingerprint density at radius 3 is 2.06 bits per heavy atom. The highest BCUT2D eigenvalue weighted by Gasteiger charge is 2.25. The second kappa shape index (κ2) is 6.36. The third-order valence-electron chi connectivity index (χ3n) is 2.18. The van der Waals surface area contributed by atoms with Crippen LogP contribution in [-0.2, 0) is 10.0 Å². The van der Waals surface area contributed by atoms with Crippen LogP contribution in [0.1, 0.15) is 41.0 Å². The Morgan fingerprint density at radius 2 is 1.75 bits per heavy atom. The van der Waals surface area contributed by atoms with Crippen LogP contribution in [-0.4, -0.2) is 25.5 Å². The lowest BCUT2D eigenvalue weighted by molar-refractivity contribution is 0.422. The monoisotopic (exact) mass is 313 g/mol. The van der Waals surface area contributed by atoms with Gasteiger partial charge in [0.2, 0.25) is 10.0 Å². The van der Waals surface area contributed by atoms with Crippen molar-refractivity contribution in [3.63, 3.8) is 0 Å². The van der Waals surface area contributed by atoms with Gasteiger partial charge in [0.25, 0.3) is 0 Å². The predicted molar refractivity (Wildman–Crippen MR) is 73.4 cm³/mol. The van der Waals surface area contributed by atoms with Gasteiger partial charge in [-0.25, -0.2) is 13.1 Å². The van der Waals surface area contributed by atoms with Crippen LogP contribution >= 0.6 is 15.9 Å². The van der Waals surface area contributed by atoms with E-state index in [9.17, 15) is 8.42 Å². The molecule has 0 radical (unpaired) electrons. The maximum atomic E-state index is 11.9. The smallest absolute Gasteiger partial charge is 0.212 e. The van der Waals surface area contributed by atoms with Crippen molar-refractivity contribution in [2.24, 2.45) is 11.3 Å². The Morgan fingerprint density at radius 1 is 1.25 bits per heavy atom. The van der Waals surface area contributed by atoms with Crippen molar-refractivity contribution < 1.29 is 8.42 Å². The van der Waals surface area contributed by atoms with Crippen molar-refractivity contribution in [3.8, 4) is 0 Å². The molecule has 0 saturated heterocycles. The van der Waals surface area contributed by atoms with E-state index in [4.69, 9.17) is 0 Å². The molecule has 5 heteroatoms. The molecular weight excluding hydrogens is 290 g/mol. The molecule has 0 spiro atoms. The summed E-state index contributed by atoms with van der Waals surface area (Å²) >= 11 is 3.35. The van der Waals surface area contributed by atoms with Gasteiger partial charge in [0.1, 0.15) is 0 Å². The van der Waals surface area contributed by atoms with Crippen LogP contribution in [0.5, 0.6) is 0 Å². The molecule has 1 atom stereocenters. The van der Waals surface area contributed by atoms with Gasteiger partial charge in [-0.3, -0.25) is 0 Å². The molecule has 98 valence electrons. The van der Waals surface area contributed by atoms with Crippen LogP contribution in [0.15, 0.2) is 0 Å². The fraction of sp³-hybridized carbons (Fsp3) is 1.00. The van der Waals surface area contributed by atoms with E-state index in [1.165, 1.54) is 0 Å². The third kappa shape index (κ3) is 7.63. The van der Waals surface area contributed by atoms with Crippen molar-refractivity contribution in [2.75, 3.05) is 11.1 Å². The van der Waals surface area contributed by atoms with E-state index in [0.29, 0.717) is 5.92 Å². The van der Waals surface area contributed by atoms with Crippen molar-refractivity contribution in [1.82, 2.24) is 4.72 Å². The van der Waals surface area contributed by atoms with Gasteiger partial charge in [-0.1, -0.05) is 50.5 Å². The van der Waals surface area contributed by atoms with E-state index in [-0.39, 0.29) is 17.2 Å². The largest absolute Gasteiger partial charge is 0.212 e. The summed E-state index contributed by atoms with van der Waals surface area (Å²) in [7, 11) is -3.18. The molecule has 0 aliphatic heterocycles. The van der Waals surface area contributed by atoms with E-state index >= 15 is 0 Å². The van der Waals surface area contributed by atoms with E-state index < -0.39 is 10.0 Å². The van der Waals surface area contributed by atoms with Crippen LogP contribution in [0.3, 0.4) is 0 Å². The Balaban J connectivity index is 4.55. The average molecular weight is 314 g/mol. The quantitative estimate of drug-likeness (QED) is 0.766. The fourth-order valence-corrected chi connectivity index (χ4v) is 4.06. The van der Waals surface area contributed by atoms with Crippen LogP contribution in [0.4, 0.5) is 0 Å². The topological polar surface area (TPSA) is 46.2 Å². The molecule has 16 heavy (non-hydrogen) atoms. The van der Waals surface area contributed by atoms with E-state index in [1.807, 2.05) is 34.6 Å². The lowest BCUT2D eigenvalue weighted by atomic mass is 10.0. The predicted octanol–water partition coefficient (Wildman–Crippen LogP) is 2.76. The van der Waals surface area contributed by atoms with Gasteiger partial charge in [0, 0.05) is 11.4 Å². The Labute approximate surface area is 109 Å². The number of sulfonamides is 1. The molecular formula is C11H24BrNO2S. The zero-order chi connectivity index (χ0) is 13.0. The van der Waals surface area contributed by atoms with Crippen molar-refractivity contribution in [3.05, 3.63) is 0 Å². The standard InChI is InChI=1S/C11H24BrNO2S/c1-9(2)10(6-7-12)13-16(14,15)8-11(3,4)5/h9-10,13H,6-8H2,1-5H3. The average Bonchev–Trinajstić information content (AvgIpc) is 1.97. The number of hydrogen-bond donors (Lipinski definition) is 1. The molecule has 0 rings (SSSR count). The summed E-state index contributed by atoms with van der Waals surface area (Å²) < 4.78 is 26.6. The highest BCUT2D eigenvalue weighted by Crippen LogP contribution is 2.17. The highest BCUT2D eigenvalue weighted by atomic mass is 79.9. The zero-order valence-electron chi connectivity index (χ0n) is 10.9. The second-order valence-electron chi connectivity index (χ2n) is 5.77. The molecule has 0 fully saturated rings. The zero-order valence-corrected chi connectivity index (χ0v) is 13.3. The molecule has 0 aromatic rings. The van der Waals surface area contributed by atoms with Gasteiger partial charge < -0.3 is 0 Å². The van der Waals surface area contributed by atoms with Gasteiger partial charge in [0.15, 0.2) is 0 Å². The normalized spacial score (nSPS) is 15.4. The Bertz CT molecular complexity index is 294. The van der Waals surface area contributed by atoms with Gasteiger partial charge in [0.05, 0.1) is 5.75 Å². The number of halogens is 1. The molecule has 1 N–H and O–H groups in total. The molecule has 0 aliphatic rings. The summed E-state index contributed by atoms with van der Waals surface area (Å²) in [5.41, 5.74) is -0.207. The summed E-state index contributed by atoms with van der Waals surface area (Å²) in [6.07, 6.45) is 0.820. The van der Waals surface area contributed by atoms with Crippen LogP contribution in [0, 0.1) is 11.3 Å². The van der Waals surface area contributed by atoms with Crippen LogP contribution < -0.4 is 4.72 Å². The molecule has 0 saturated carbocycles. The molecule has 0 bridgehead atoms. The first-order chi connectivity index (χ1) is 7.07. The minimum atomic E-state index is -3.18. The van der Waals surface area contributed by atoms with E-state index in [0.717, 1.165) is 11.8 Å². The number of rotatable bonds is 6. The lowest BCUT2D eigenvalue weighted by Gasteiger charge is -2.24. The summed E-state index contributed by atoms with van der Waals surface area (Å²) in [5.74, 6) is 0.484. The summed E-state index contributed by atoms with van der Waals surface area (Å²) in [6.45, 7) is 9.86. The summed E-state index contributed by atoms with van der Waals surface area (Å²) in [6, 6.07) is 0.0201. The fourth-order valence-electron chi connectivity index (χ4n) is 1.49. The summed E-state index contributed by atoms with van der Waals surface area (Å²) in [5, 5.41) is 0.813. The number of hydrogen-bond acceptors (Lipinski definition) is 2. The van der Waals surface area contributed by atoms with Crippen molar-refractivity contribution in [1.29, 1.82) is 0 Å². The molecule has 3 nitrogen and oxygen atoms in total. The minimum absolute atomic E-state index is 0.0201. The van der Waals surface area contributed by atoms with E-state index in [1.54, 1.807) is 0 Å². The SMILES string of the molecule is CC(C)C(CCBr)NS(=O)(=O)CC(C)(C)C. The first-order valence-corrected chi connectivity index (χ1v) is 8.41. The molecule has 0 heterocycles. The van der Waals surface area contributed by atoms with Crippen LogP contribution in [0.2, 0.25) is 0 Å². The third-order valence-corrected chi connectivity index (χ3v) is 4.54. The Hall–Kier alpha value is 0.390. The van der Waals surface area contributed by atoms with Gasteiger partial charge in [-0.05, 0) is 17.8 Å². The van der Waals surface area contributed by atoms with Crippen molar-refractivity contribution >= 4 is 26.0 Å². The molecule has 0 aromatic heterocycles. The molecule has 0 amide bonds. The van der Waals surface area contributed by atoms with Gasteiger partial charge in [-0.2, -0.15) is 0 Å². The van der Waals surface area contributed by atoms with Gasteiger partial charge >= 0.3 is 0 Å². The Kier molecular flexibility index (Phi) is 6.51. The van der Waals surface area contributed by atoms with Gasteiger partial charge in [-0.15, -0.1) is 0 Å². The highest BCUT2D eigenvalue weighted by molar-refractivity contribution is 9.09. The molecule has 0 aromatic carbocycles. The minimum Gasteiger partial charge on any atom is -0.212 e. The summed E-state index contributed by atoms with van der Waals surface area (Å²) in [4.78, 5) is 0. The van der Waals surface area contributed by atoms with Crippen molar-refractivity contribution in [2.45, 2.75) is 47.1 Å².